The van der Waals surface area contributed by atoms with Crippen LogP contribution >= 0.6 is 28.7 Å². The fourth-order valence-corrected chi connectivity index (χ4v) is 4.01. The van der Waals surface area contributed by atoms with Gasteiger partial charge in [-0.1, -0.05) is 0 Å². The molecule has 2 nitrogen and oxygen atoms in total. The molecule has 0 amide bonds. The fourth-order valence-electron chi connectivity index (χ4n) is 0.665. The minimum atomic E-state index is -0.824. The van der Waals surface area contributed by atoms with Crippen LogP contribution < -0.4 is 0 Å². The molecular formula is C4H8O2P2S. The second kappa shape index (κ2) is 3.65. The van der Waals surface area contributed by atoms with Gasteiger partial charge in [0.1, 0.15) is 0 Å². The second-order valence-electron chi connectivity index (χ2n) is 1.81. The molecule has 1 aliphatic heterocycles. The first-order valence-corrected chi connectivity index (χ1v) is 5.84. The zero-order chi connectivity index (χ0) is 6.69. The Hall–Kier alpha value is 0.550. The zero-order valence-electron chi connectivity index (χ0n) is 4.74. The molecule has 1 heterocycles. The van der Waals surface area contributed by atoms with Gasteiger partial charge in [0.2, 0.25) is 0 Å². The predicted octanol–water partition coefficient (Wildman–Crippen LogP) is 1.46. The Balaban J connectivity index is 2.67. The smallest absolute Gasteiger partial charge is 0.0895 e. The minimum Gasteiger partial charge on any atom is -0.329 e. The van der Waals surface area contributed by atoms with Crippen molar-refractivity contribution in [3.05, 3.63) is 10.7 Å². The van der Waals surface area contributed by atoms with Gasteiger partial charge < -0.3 is 9.13 Å². The molecule has 0 saturated heterocycles. The van der Waals surface area contributed by atoms with E-state index in [-0.39, 0.29) is 5.66 Å². The summed E-state index contributed by atoms with van der Waals surface area (Å²) in [6, 6.07) is 0. The highest BCUT2D eigenvalue weighted by Gasteiger charge is 2.16. The van der Waals surface area contributed by atoms with E-state index in [1.54, 1.807) is 11.8 Å². The highest BCUT2D eigenvalue weighted by Crippen LogP contribution is 2.36. The van der Waals surface area contributed by atoms with Crippen molar-refractivity contribution in [1.82, 2.24) is 0 Å². The Morgan fingerprint density at radius 3 is 2.89 bits per heavy atom. The Kier molecular flexibility index (Phi) is 3.11. The van der Waals surface area contributed by atoms with Crippen LogP contribution in [0.5, 0.6) is 0 Å². The first-order valence-electron chi connectivity index (χ1n) is 2.60. The number of allylic oxidation sites excluding steroid dienone is 1. The molecule has 0 saturated carbocycles. The largest absolute Gasteiger partial charge is 0.329 e. The minimum absolute atomic E-state index is 0.155. The summed E-state index contributed by atoms with van der Waals surface area (Å²) in [6.45, 7) is 0. The van der Waals surface area contributed by atoms with Crippen LogP contribution in [0.15, 0.2) is 10.7 Å². The molecule has 52 valence electrons. The van der Waals surface area contributed by atoms with Crippen molar-refractivity contribution in [2.45, 2.75) is 5.66 Å². The predicted molar refractivity (Wildman–Crippen MR) is 45.1 cm³/mol. The number of hydrogen-bond donors (Lipinski definition) is 0. The van der Waals surface area contributed by atoms with Crippen LogP contribution in [0, 0.1) is 0 Å². The van der Waals surface area contributed by atoms with Crippen molar-refractivity contribution in [3.63, 3.8) is 0 Å². The van der Waals surface area contributed by atoms with E-state index in [2.05, 4.69) is 0 Å². The summed E-state index contributed by atoms with van der Waals surface area (Å²) in [6.07, 6.45) is 0. The van der Waals surface area contributed by atoms with E-state index in [1.165, 1.54) is 0 Å². The molecule has 0 radical (unpaired) electrons. The highest BCUT2D eigenvalue weighted by atomic mass is 32.2. The van der Waals surface area contributed by atoms with Gasteiger partial charge in [-0.15, -0.1) is 11.8 Å². The summed E-state index contributed by atoms with van der Waals surface area (Å²) in [5, 5.41) is 2.81. The van der Waals surface area contributed by atoms with E-state index in [1.807, 2.05) is 5.41 Å². The number of thioether (sulfide) groups is 1. The molecule has 9 heavy (non-hydrogen) atoms. The summed E-state index contributed by atoms with van der Waals surface area (Å²) in [5.41, 5.74) is 0.155. The Bertz CT molecular complexity index is 168. The van der Waals surface area contributed by atoms with Crippen LogP contribution in [0.1, 0.15) is 0 Å². The molecule has 0 aromatic heterocycles. The van der Waals surface area contributed by atoms with Gasteiger partial charge in [0, 0.05) is 16.7 Å². The molecule has 0 N–H and O–H groups in total. The third-order valence-corrected chi connectivity index (χ3v) is 5.00. The summed E-state index contributed by atoms with van der Waals surface area (Å²) < 4.78 is 20.8. The topological polar surface area (TPSA) is 34.1 Å². The van der Waals surface area contributed by atoms with E-state index in [4.69, 9.17) is 0 Å². The lowest BCUT2D eigenvalue weighted by molar-refractivity contribution is 0.593. The van der Waals surface area contributed by atoms with Crippen molar-refractivity contribution in [2.24, 2.45) is 0 Å². The molecule has 0 aromatic rings. The molecule has 0 aromatic carbocycles. The maximum absolute atomic E-state index is 10.4. The molecule has 5 heteroatoms. The number of hydrogen-bond acceptors (Lipinski definition) is 3. The van der Waals surface area contributed by atoms with E-state index >= 15 is 0 Å². The SMILES string of the molecule is O=[PH2]C1=CSCC1[PH2]=O. The van der Waals surface area contributed by atoms with Crippen LogP contribution in [0.2, 0.25) is 0 Å². The summed E-state index contributed by atoms with van der Waals surface area (Å²) >= 11 is 1.62. The maximum atomic E-state index is 10.4. The Labute approximate surface area is 60.5 Å². The van der Waals surface area contributed by atoms with Gasteiger partial charge in [0.05, 0.1) is 16.9 Å². The molecule has 1 aliphatic rings. The molecular weight excluding hydrogens is 174 g/mol. The van der Waals surface area contributed by atoms with Crippen LogP contribution in [0.3, 0.4) is 0 Å². The lowest BCUT2D eigenvalue weighted by Crippen LogP contribution is -1.94. The van der Waals surface area contributed by atoms with Gasteiger partial charge in [-0.2, -0.15) is 0 Å². The fraction of sp³-hybridized carbons (Fsp3) is 0.500. The van der Waals surface area contributed by atoms with Crippen molar-refractivity contribution in [2.75, 3.05) is 5.75 Å². The number of rotatable bonds is 2. The summed E-state index contributed by atoms with van der Waals surface area (Å²) in [7, 11) is -1.58. The zero-order valence-corrected chi connectivity index (χ0v) is 7.87. The first-order chi connectivity index (χ1) is 4.38. The maximum Gasteiger partial charge on any atom is 0.0895 e. The lowest BCUT2D eigenvalue weighted by Gasteiger charge is -1.96. The van der Waals surface area contributed by atoms with Crippen LogP contribution in [-0.4, -0.2) is 11.4 Å². The van der Waals surface area contributed by atoms with Gasteiger partial charge in [0.15, 0.2) is 0 Å². The standard InChI is InChI=1S/C4H8O2P2S/c5-7-3-1-9-2-4(3)8-6/h1,4H,2,7-8H2. The van der Waals surface area contributed by atoms with E-state index < -0.39 is 16.9 Å². The van der Waals surface area contributed by atoms with E-state index in [0.29, 0.717) is 0 Å². The average molecular weight is 182 g/mol. The molecule has 0 fully saturated rings. The lowest BCUT2D eigenvalue weighted by atomic mass is 10.5. The van der Waals surface area contributed by atoms with Crippen molar-refractivity contribution in [1.29, 1.82) is 0 Å². The van der Waals surface area contributed by atoms with Gasteiger partial charge >= 0.3 is 0 Å². The molecule has 1 rings (SSSR count). The average Bonchev–Trinajstić information content (AvgIpc) is 2.33. The van der Waals surface area contributed by atoms with Gasteiger partial charge in [-0.3, -0.25) is 0 Å². The van der Waals surface area contributed by atoms with Crippen molar-refractivity contribution < 1.29 is 9.13 Å². The third-order valence-electron chi connectivity index (χ3n) is 1.22. The quantitative estimate of drug-likeness (QED) is 0.606. The first kappa shape index (κ1) is 7.65. The van der Waals surface area contributed by atoms with Gasteiger partial charge in [0.25, 0.3) is 0 Å². The van der Waals surface area contributed by atoms with E-state index in [0.717, 1.165) is 11.1 Å². The Morgan fingerprint density at radius 2 is 2.44 bits per heavy atom. The van der Waals surface area contributed by atoms with Gasteiger partial charge in [-0.05, 0) is 5.41 Å². The molecule has 0 aliphatic carbocycles. The Morgan fingerprint density at radius 1 is 1.67 bits per heavy atom. The van der Waals surface area contributed by atoms with E-state index in [9.17, 15) is 9.13 Å². The second-order valence-corrected chi connectivity index (χ2v) is 4.69. The highest BCUT2D eigenvalue weighted by molar-refractivity contribution is 8.02. The third kappa shape index (κ3) is 1.73. The van der Waals surface area contributed by atoms with Gasteiger partial charge in [-0.25, -0.2) is 0 Å². The van der Waals surface area contributed by atoms with Crippen LogP contribution in [-0.2, 0) is 9.13 Å². The van der Waals surface area contributed by atoms with Crippen LogP contribution in [0.4, 0.5) is 0 Å². The van der Waals surface area contributed by atoms with Crippen molar-refractivity contribution >= 4 is 28.7 Å². The molecule has 3 unspecified atom stereocenters. The molecule has 0 bridgehead atoms. The summed E-state index contributed by atoms with van der Waals surface area (Å²) in [4.78, 5) is 0. The molecule has 0 spiro atoms. The normalized spacial score (nSPS) is 28.9. The summed E-state index contributed by atoms with van der Waals surface area (Å²) in [5.74, 6) is 0.878. The van der Waals surface area contributed by atoms with Crippen LogP contribution in [0.25, 0.3) is 0 Å². The van der Waals surface area contributed by atoms with Crippen molar-refractivity contribution in [3.8, 4) is 0 Å². The molecule has 3 atom stereocenters. The monoisotopic (exact) mass is 182 g/mol.